The summed E-state index contributed by atoms with van der Waals surface area (Å²) in [5, 5.41) is 3.27. The van der Waals surface area contributed by atoms with E-state index in [1.165, 1.54) is 0 Å². The standard InChI is InChI=1S/C16H28N4O/c1-5-14(2)18-12-16(21)20(10-9-19(3)4)13-15-7-6-8-17-11-15/h6-8,11,14,18H,5,9-10,12-13H2,1-4H3. The molecule has 0 saturated heterocycles. The zero-order valence-corrected chi connectivity index (χ0v) is 13.7. The molecule has 0 aliphatic carbocycles. The van der Waals surface area contributed by atoms with E-state index in [1.807, 2.05) is 37.3 Å². The summed E-state index contributed by atoms with van der Waals surface area (Å²) in [6, 6.07) is 4.27. The van der Waals surface area contributed by atoms with Gasteiger partial charge in [-0.15, -0.1) is 0 Å². The monoisotopic (exact) mass is 292 g/mol. The van der Waals surface area contributed by atoms with Gasteiger partial charge in [0.15, 0.2) is 0 Å². The zero-order valence-electron chi connectivity index (χ0n) is 13.7. The average Bonchev–Trinajstić information content (AvgIpc) is 2.49. The smallest absolute Gasteiger partial charge is 0.236 e. The van der Waals surface area contributed by atoms with Crippen LogP contribution in [0.5, 0.6) is 0 Å². The predicted molar refractivity (Wildman–Crippen MR) is 86.0 cm³/mol. The topological polar surface area (TPSA) is 48.5 Å². The van der Waals surface area contributed by atoms with Crippen molar-refractivity contribution in [2.45, 2.75) is 32.9 Å². The first-order valence-electron chi connectivity index (χ1n) is 7.57. The van der Waals surface area contributed by atoms with Crippen LogP contribution >= 0.6 is 0 Å². The van der Waals surface area contributed by atoms with Crippen molar-refractivity contribution in [3.63, 3.8) is 0 Å². The fourth-order valence-corrected chi connectivity index (χ4v) is 1.84. The second kappa shape index (κ2) is 9.47. The van der Waals surface area contributed by atoms with Crippen LogP contribution in [0.15, 0.2) is 24.5 Å². The highest BCUT2D eigenvalue weighted by molar-refractivity contribution is 5.78. The molecular weight excluding hydrogens is 264 g/mol. The molecule has 1 aromatic heterocycles. The molecule has 0 fully saturated rings. The van der Waals surface area contributed by atoms with Gasteiger partial charge in [-0.1, -0.05) is 13.0 Å². The SMILES string of the molecule is CCC(C)NCC(=O)N(CCN(C)C)Cc1cccnc1. The first-order valence-corrected chi connectivity index (χ1v) is 7.57. The largest absolute Gasteiger partial charge is 0.336 e. The Hall–Kier alpha value is -1.46. The summed E-state index contributed by atoms with van der Waals surface area (Å²) in [4.78, 5) is 20.5. The van der Waals surface area contributed by atoms with Gasteiger partial charge in [0.25, 0.3) is 0 Å². The maximum absolute atomic E-state index is 12.4. The Balaban J connectivity index is 2.60. The Labute approximate surface area is 128 Å². The minimum absolute atomic E-state index is 0.140. The molecule has 0 saturated carbocycles. The number of aromatic nitrogens is 1. The number of amides is 1. The number of likely N-dealkylation sites (N-methyl/N-ethyl adjacent to an activating group) is 1. The van der Waals surface area contributed by atoms with E-state index in [-0.39, 0.29) is 5.91 Å². The van der Waals surface area contributed by atoms with E-state index in [0.29, 0.717) is 19.1 Å². The van der Waals surface area contributed by atoms with E-state index in [9.17, 15) is 4.79 Å². The second-order valence-electron chi connectivity index (χ2n) is 5.67. The molecule has 1 N–H and O–H groups in total. The molecule has 0 aliphatic heterocycles. The number of hydrogen-bond acceptors (Lipinski definition) is 4. The third kappa shape index (κ3) is 7.20. The van der Waals surface area contributed by atoms with Crippen LogP contribution in [0.4, 0.5) is 0 Å². The molecule has 1 amide bonds. The molecule has 5 heteroatoms. The van der Waals surface area contributed by atoms with Crippen molar-refractivity contribution in [3.05, 3.63) is 30.1 Å². The molecular formula is C16H28N4O. The van der Waals surface area contributed by atoms with Crippen LogP contribution in [0.2, 0.25) is 0 Å². The van der Waals surface area contributed by atoms with Crippen molar-refractivity contribution in [2.75, 3.05) is 33.7 Å². The van der Waals surface area contributed by atoms with Crippen LogP contribution in [0.1, 0.15) is 25.8 Å². The maximum Gasteiger partial charge on any atom is 0.236 e. The van der Waals surface area contributed by atoms with Gasteiger partial charge in [0, 0.05) is 38.1 Å². The van der Waals surface area contributed by atoms with Gasteiger partial charge in [-0.05, 0) is 39.1 Å². The lowest BCUT2D eigenvalue weighted by Gasteiger charge is -2.25. The molecule has 1 unspecified atom stereocenters. The molecule has 5 nitrogen and oxygen atoms in total. The Morgan fingerprint density at radius 3 is 2.71 bits per heavy atom. The predicted octanol–water partition coefficient (Wildman–Crippen LogP) is 1.36. The fourth-order valence-electron chi connectivity index (χ4n) is 1.84. The Bertz CT molecular complexity index is 408. The van der Waals surface area contributed by atoms with E-state index in [0.717, 1.165) is 25.1 Å². The Kier molecular flexibility index (Phi) is 7.93. The normalized spacial score (nSPS) is 12.4. The Morgan fingerprint density at radius 1 is 1.38 bits per heavy atom. The average molecular weight is 292 g/mol. The molecule has 118 valence electrons. The molecule has 1 heterocycles. The highest BCUT2D eigenvalue weighted by Crippen LogP contribution is 2.03. The number of carbonyl (C=O) groups is 1. The summed E-state index contributed by atoms with van der Waals surface area (Å²) in [5.74, 6) is 0.140. The molecule has 0 spiro atoms. The van der Waals surface area contributed by atoms with E-state index in [4.69, 9.17) is 0 Å². The minimum atomic E-state index is 0.140. The van der Waals surface area contributed by atoms with Gasteiger partial charge in [-0.2, -0.15) is 0 Å². The molecule has 21 heavy (non-hydrogen) atoms. The highest BCUT2D eigenvalue weighted by atomic mass is 16.2. The first-order chi connectivity index (χ1) is 10.0. The number of nitrogens with zero attached hydrogens (tertiary/aromatic N) is 3. The van der Waals surface area contributed by atoms with Crippen molar-refractivity contribution in [3.8, 4) is 0 Å². The van der Waals surface area contributed by atoms with Gasteiger partial charge < -0.3 is 15.1 Å². The van der Waals surface area contributed by atoms with Crippen LogP contribution in [0.25, 0.3) is 0 Å². The van der Waals surface area contributed by atoms with Gasteiger partial charge >= 0.3 is 0 Å². The summed E-state index contributed by atoms with van der Waals surface area (Å²) < 4.78 is 0. The first kappa shape index (κ1) is 17.6. The van der Waals surface area contributed by atoms with Gasteiger partial charge in [0.05, 0.1) is 6.54 Å². The Morgan fingerprint density at radius 2 is 2.14 bits per heavy atom. The van der Waals surface area contributed by atoms with Crippen LogP contribution < -0.4 is 5.32 Å². The summed E-state index contributed by atoms with van der Waals surface area (Å²) in [6.07, 6.45) is 4.59. The fraction of sp³-hybridized carbons (Fsp3) is 0.625. The van der Waals surface area contributed by atoms with Crippen LogP contribution in [0.3, 0.4) is 0 Å². The van der Waals surface area contributed by atoms with Gasteiger partial charge in [0.1, 0.15) is 0 Å². The van der Waals surface area contributed by atoms with E-state index >= 15 is 0 Å². The summed E-state index contributed by atoms with van der Waals surface area (Å²) in [5.41, 5.74) is 1.06. The summed E-state index contributed by atoms with van der Waals surface area (Å²) in [6.45, 7) is 6.80. The van der Waals surface area contributed by atoms with Gasteiger partial charge in [-0.3, -0.25) is 9.78 Å². The van der Waals surface area contributed by atoms with Crippen molar-refractivity contribution in [1.82, 2.24) is 20.1 Å². The van der Waals surface area contributed by atoms with E-state index in [1.54, 1.807) is 6.20 Å². The van der Waals surface area contributed by atoms with Crippen LogP contribution in [-0.4, -0.2) is 60.5 Å². The lowest BCUT2D eigenvalue weighted by atomic mass is 10.2. The molecule has 0 bridgehead atoms. The van der Waals surface area contributed by atoms with Crippen molar-refractivity contribution >= 4 is 5.91 Å². The number of hydrogen-bond donors (Lipinski definition) is 1. The third-order valence-electron chi connectivity index (χ3n) is 3.48. The molecule has 1 aromatic rings. The lowest BCUT2D eigenvalue weighted by molar-refractivity contribution is -0.131. The number of carbonyl (C=O) groups excluding carboxylic acids is 1. The minimum Gasteiger partial charge on any atom is -0.336 e. The van der Waals surface area contributed by atoms with Gasteiger partial charge in [0.2, 0.25) is 5.91 Å². The second-order valence-corrected chi connectivity index (χ2v) is 5.67. The zero-order chi connectivity index (χ0) is 15.7. The summed E-state index contributed by atoms with van der Waals surface area (Å²) in [7, 11) is 4.04. The third-order valence-corrected chi connectivity index (χ3v) is 3.48. The number of nitrogens with one attached hydrogen (secondary N) is 1. The van der Waals surface area contributed by atoms with E-state index < -0.39 is 0 Å². The molecule has 0 radical (unpaired) electrons. The van der Waals surface area contributed by atoms with Crippen molar-refractivity contribution in [1.29, 1.82) is 0 Å². The van der Waals surface area contributed by atoms with Crippen LogP contribution in [-0.2, 0) is 11.3 Å². The van der Waals surface area contributed by atoms with Crippen LogP contribution in [0, 0.1) is 0 Å². The lowest BCUT2D eigenvalue weighted by Crippen LogP contribution is -2.43. The number of pyridine rings is 1. The molecule has 0 aromatic carbocycles. The highest BCUT2D eigenvalue weighted by Gasteiger charge is 2.14. The van der Waals surface area contributed by atoms with Gasteiger partial charge in [-0.25, -0.2) is 0 Å². The maximum atomic E-state index is 12.4. The van der Waals surface area contributed by atoms with Crippen molar-refractivity contribution < 1.29 is 4.79 Å². The van der Waals surface area contributed by atoms with E-state index in [2.05, 4.69) is 29.0 Å². The number of rotatable bonds is 9. The summed E-state index contributed by atoms with van der Waals surface area (Å²) >= 11 is 0. The molecule has 0 aliphatic rings. The molecule has 1 atom stereocenters. The van der Waals surface area contributed by atoms with Crippen molar-refractivity contribution in [2.24, 2.45) is 0 Å². The molecule has 1 rings (SSSR count). The quantitative estimate of drug-likeness (QED) is 0.746.